The number of rotatable bonds is 3. The molecule has 2 rings (SSSR count). The van der Waals surface area contributed by atoms with E-state index in [0.717, 1.165) is 22.8 Å². The summed E-state index contributed by atoms with van der Waals surface area (Å²) in [7, 11) is 3.99. The Hall–Kier alpha value is -2.10. The van der Waals surface area contributed by atoms with Crippen LogP contribution in [-0.4, -0.2) is 24.1 Å². The zero-order valence-corrected chi connectivity index (χ0v) is 11.8. The van der Waals surface area contributed by atoms with Crippen molar-refractivity contribution in [2.24, 2.45) is 0 Å². The molecule has 0 amide bonds. The first-order chi connectivity index (χ1) is 8.97. The molecule has 0 saturated carbocycles. The minimum atomic E-state index is -0.106. The van der Waals surface area contributed by atoms with Gasteiger partial charge in [-0.25, -0.2) is 4.98 Å². The number of nitrogens with one attached hydrogen (secondary N) is 1. The fraction of sp³-hybridized carbons (Fsp3) is 0.333. The summed E-state index contributed by atoms with van der Waals surface area (Å²) >= 11 is 0. The molecule has 100 valence electrons. The number of benzene rings is 1. The third kappa shape index (κ3) is 3.02. The lowest BCUT2D eigenvalue weighted by Crippen LogP contribution is -2.12. The molecule has 0 bridgehead atoms. The minimum absolute atomic E-state index is 0.106. The molecule has 0 unspecified atom stereocenters. The second-order valence-corrected chi connectivity index (χ2v) is 5.11. The van der Waals surface area contributed by atoms with Crippen molar-refractivity contribution in [3.05, 3.63) is 46.5 Å². The zero-order chi connectivity index (χ0) is 14.0. The zero-order valence-electron chi connectivity index (χ0n) is 11.8. The summed E-state index contributed by atoms with van der Waals surface area (Å²) in [5, 5.41) is 0. The molecule has 2 aromatic rings. The molecule has 0 aliphatic carbocycles. The van der Waals surface area contributed by atoms with Crippen LogP contribution < -0.4 is 10.5 Å². The SMILES string of the molecule is CC(C)c1nc(-c2ccc(N(C)C)cc2)cc(=O)[nH]1. The second kappa shape index (κ2) is 5.26. The largest absolute Gasteiger partial charge is 0.378 e. The number of aromatic amines is 1. The standard InChI is InChI=1S/C15H19N3O/c1-10(2)15-16-13(9-14(19)17-15)11-5-7-12(8-6-11)18(3)4/h5-10H,1-4H3,(H,16,17,19). The molecule has 0 spiro atoms. The van der Waals surface area contributed by atoms with Gasteiger partial charge in [0.15, 0.2) is 0 Å². The molecule has 0 aliphatic rings. The highest BCUT2D eigenvalue weighted by atomic mass is 16.1. The van der Waals surface area contributed by atoms with E-state index in [-0.39, 0.29) is 11.5 Å². The lowest BCUT2D eigenvalue weighted by Gasteiger charge is -2.13. The monoisotopic (exact) mass is 257 g/mol. The third-order valence-electron chi connectivity index (χ3n) is 2.99. The van der Waals surface area contributed by atoms with Gasteiger partial charge in [-0.1, -0.05) is 26.0 Å². The molecule has 1 aromatic carbocycles. The van der Waals surface area contributed by atoms with E-state index in [9.17, 15) is 4.79 Å². The van der Waals surface area contributed by atoms with Crippen molar-refractivity contribution in [2.75, 3.05) is 19.0 Å². The second-order valence-electron chi connectivity index (χ2n) is 5.11. The molecule has 0 fully saturated rings. The Kier molecular flexibility index (Phi) is 3.69. The lowest BCUT2D eigenvalue weighted by molar-refractivity contribution is 0.768. The van der Waals surface area contributed by atoms with E-state index >= 15 is 0 Å². The van der Waals surface area contributed by atoms with Crippen molar-refractivity contribution in [3.63, 3.8) is 0 Å². The van der Waals surface area contributed by atoms with Crippen LogP contribution in [0.2, 0.25) is 0 Å². The lowest BCUT2D eigenvalue weighted by atomic mass is 10.1. The molecule has 0 atom stereocenters. The Labute approximate surface area is 113 Å². The highest BCUT2D eigenvalue weighted by Crippen LogP contribution is 2.20. The first-order valence-electron chi connectivity index (χ1n) is 6.36. The van der Waals surface area contributed by atoms with E-state index < -0.39 is 0 Å². The summed E-state index contributed by atoms with van der Waals surface area (Å²) in [6.45, 7) is 4.02. The fourth-order valence-corrected chi connectivity index (χ4v) is 1.83. The van der Waals surface area contributed by atoms with Crippen molar-refractivity contribution >= 4 is 5.69 Å². The van der Waals surface area contributed by atoms with Gasteiger partial charge in [0.2, 0.25) is 0 Å². The van der Waals surface area contributed by atoms with Crippen molar-refractivity contribution in [1.29, 1.82) is 0 Å². The quantitative estimate of drug-likeness (QED) is 0.919. The van der Waals surface area contributed by atoms with Crippen LogP contribution in [0.1, 0.15) is 25.6 Å². The average Bonchev–Trinajstić information content (AvgIpc) is 2.38. The molecule has 19 heavy (non-hydrogen) atoms. The summed E-state index contributed by atoms with van der Waals surface area (Å²) in [5.41, 5.74) is 2.69. The number of H-pyrrole nitrogens is 1. The maximum absolute atomic E-state index is 11.7. The van der Waals surface area contributed by atoms with Gasteiger partial charge in [0.1, 0.15) is 5.82 Å². The van der Waals surface area contributed by atoms with Crippen LogP contribution >= 0.6 is 0 Å². The van der Waals surface area contributed by atoms with Crippen molar-refractivity contribution < 1.29 is 0 Å². The number of anilines is 1. The predicted octanol–water partition coefficient (Wildman–Crippen LogP) is 2.63. The van der Waals surface area contributed by atoms with E-state index in [0.29, 0.717) is 0 Å². The van der Waals surface area contributed by atoms with Crippen LogP contribution in [0.15, 0.2) is 35.1 Å². The summed E-state index contributed by atoms with van der Waals surface area (Å²) in [5.74, 6) is 0.924. The molecule has 0 aliphatic heterocycles. The maximum Gasteiger partial charge on any atom is 0.251 e. The Morgan fingerprint density at radius 1 is 1.16 bits per heavy atom. The first kappa shape index (κ1) is 13.3. The van der Waals surface area contributed by atoms with E-state index in [4.69, 9.17) is 0 Å². The van der Waals surface area contributed by atoms with Crippen molar-refractivity contribution in [3.8, 4) is 11.3 Å². The first-order valence-corrected chi connectivity index (χ1v) is 6.36. The number of aromatic nitrogens is 2. The average molecular weight is 257 g/mol. The fourth-order valence-electron chi connectivity index (χ4n) is 1.83. The smallest absolute Gasteiger partial charge is 0.251 e. The Morgan fingerprint density at radius 2 is 1.79 bits per heavy atom. The topological polar surface area (TPSA) is 49.0 Å². The van der Waals surface area contributed by atoms with Gasteiger partial charge in [-0.2, -0.15) is 0 Å². The van der Waals surface area contributed by atoms with Gasteiger partial charge >= 0.3 is 0 Å². The Bertz CT molecular complexity index is 612. The van der Waals surface area contributed by atoms with Gasteiger partial charge in [-0.15, -0.1) is 0 Å². The molecule has 1 aromatic heterocycles. The highest BCUT2D eigenvalue weighted by molar-refractivity contribution is 5.62. The van der Waals surface area contributed by atoms with Crippen LogP contribution in [0, 0.1) is 0 Å². The molecule has 4 heteroatoms. The van der Waals surface area contributed by atoms with Gasteiger partial charge in [0, 0.05) is 37.3 Å². The van der Waals surface area contributed by atoms with Gasteiger partial charge in [-0.05, 0) is 12.1 Å². The van der Waals surface area contributed by atoms with Crippen LogP contribution in [0.4, 0.5) is 5.69 Å². The van der Waals surface area contributed by atoms with Crippen molar-refractivity contribution in [1.82, 2.24) is 9.97 Å². The number of hydrogen-bond acceptors (Lipinski definition) is 3. The number of hydrogen-bond donors (Lipinski definition) is 1. The van der Waals surface area contributed by atoms with Gasteiger partial charge in [0.05, 0.1) is 5.69 Å². The molecule has 4 nitrogen and oxygen atoms in total. The van der Waals surface area contributed by atoms with E-state index in [2.05, 4.69) is 9.97 Å². The van der Waals surface area contributed by atoms with Crippen LogP contribution in [0.5, 0.6) is 0 Å². The third-order valence-corrected chi connectivity index (χ3v) is 2.99. The molecular formula is C15H19N3O. The normalized spacial score (nSPS) is 10.8. The van der Waals surface area contributed by atoms with Crippen LogP contribution in [0.25, 0.3) is 11.3 Å². The van der Waals surface area contributed by atoms with Gasteiger partial charge < -0.3 is 9.88 Å². The van der Waals surface area contributed by atoms with Crippen molar-refractivity contribution in [2.45, 2.75) is 19.8 Å². The maximum atomic E-state index is 11.7. The van der Waals surface area contributed by atoms with Crippen LogP contribution in [0.3, 0.4) is 0 Å². The molecule has 0 saturated heterocycles. The Morgan fingerprint density at radius 3 is 2.32 bits per heavy atom. The molecule has 1 N–H and O–H groups in total. The highest BCUT2D eigenvalue weighted by Gasteiger charge is 2.07. The minimum Gasteiger partial charge on any atom is -0.378 e. The summed E-state index contributed by atoms with van der Waals surface area (Å²) < 4.78 is 0. The van der Waals surface area contributed by atoms with Crippen LogP contribution in [-0.2, 0) is 0 Å². The van der Waals surface area contributed by atoms with Gasteiger partial charge in [-0.3, -0.25) is 4.79 Å². The van der Waals surface area contributed by atoms with Gasteiger partial charge in [0.25, 0.3) is 5.56 Å². The molecule has 0 radical (unpaired) electrons. The molecule has 1 heterocycles. The summed E-state index contributed by atoms with van der Waals surface area (Å²) in [6.07, 6.45) is 0. The summed E-state index contributed by atoms with van der Waals surface area (Å²) in [6, 6.07) is 9.56. The van der Waals surface area contributed by atoms with E-state index in [1.807, 2.05) is 57.1 Å². The Balaban J connectivity index is 2.44. The molecular weight excluding hydrogens is 238 g/mol. The van der Waals surface area contributed by atoms with E-state index in [1.165, 1.54) is 6.07 Å². The van der Waals surface area contributed by atoms with E-state index in [1.54, 1.807) is 0 Å². The number of nitrogens with zero attached hydrogens (tertiary/aromatic N) is 2. The predicted molar refractivity (Wildman–Crippen MR) is 78.7 cm³/mol. The summed E-state index contributed by atoms with van der Waals surface area (Å²) in [4.78, 5) is 21.0.